The number of hydrogen-bond donors (Lipinski definition) is 1. The lowest BCUT2D eigenvalue weighted by Crippen LogP contribution is -2.16. The van der Waals surface area contributed by atoms with E-state index in [1.807, 2.05) is 0 Å². The van der Waals surface area contributed by atoms with Gasteiger partial charge in [-0.3, -0.25) is 4.98 Å². The van der Waals surface area contributed by atoms with Crippen LogP contribution in [0.4, 0.5) is 27.6 Å². The summed E-state index contributed by atoms with van der Waals surface area (Å²) in [6.07, 6.45) is -2.97. The topological polar surface area (TPSA) is 34.1 Å². The molecule has 0 unspecified atom stereocenters. The molecular weight excluding hydrogens is 367 g/mol. The van der Waals surface area contributed by atoms with Crippen molar-refractivity contribution in [2.45, 2.75) is 19.3 Å². The number of halogens is 5. The summed E-state index contributed by atoms with van der Waals surface area (Å²) in [6.45, 7) is -1.13. The highest BCUT2D eigenvalue weighted by Gasteiger charge is 2.27. The average Bonchev–Trinajstić information content (AvgIpc) is 2.63. The van der Waals surface area contributed by atoms with Gasteiger partial charge < -0.3 is 10.1 Å². The Kier molecular flexibility index (Phi) is 5.55. The third-order valence-corrected chi connectivity index (χ3v) is 3.83. The lowest BCUT2D eigenvalue weighted by Gasteiger charge is -2.11. The van der Waals surface area contributed by atoms with Gasteiger partial charge in [0.1, 0.15) is 23.8 Å². The first-order valence-electron chi connectivity index (χ1n) is 8.02. The van der Waals surface area contributed by atoms with E-state index in [1.165, 1.54) is 6.20 Å². The summed E-state index contributed by atoms with van der Waals surface area (Å²) < 4.78 is 68.6. The van der Waals surface area contributed by atoms with E-state index in [1.54, 1.807) is 30.3 Å². The largest absolute Gasteiger partial charge is 0.411 e. The Labute approximate surface area is 151 Å². The summed E-state index contributed by atoms with van der Waals surface area (Å²) in [5.41, 5.74) is 1.76. The van der Waals surface area contributed by atoms with Gasteiger partial charge in [0.05, 0.1) is 12.0 Å². The van der Waals surface area contributed by atoms with Crippen molar-refractivity contribution in [3.63, 3.8) is 0 Å². The molecule has 0 atom stereocenters. The van der Waals surface area contributed by atoms with Gasteiger partial charge in [-0.05, 0) is 29.3 Å². The average molecular weight is 382 g/mol. The van der Waals surface area contributed by atoms with Gasteiger partial charge >= 0.3 is 6.18 Å². The predicted octanol–water partition coefficient (Wildman–Crippen LogP) is 5.20. The summed E-state index contributed by atoms with van der Waals surface area (Å²) in [5.74, 6) is -1.20. The van der Waals surface area contributed by atoms with Crippen molar-refractivity contribution in [2.75, 3.05) is 11.9 Å². The van der Waals surface area contributed by atoms with E-state index in [2.05, 4.69) is 15.0 Å². The first-order valence-corrected chi connectivity index (χ1v) is 8.02. The first kappa shape index (κ1) is 19.0. The molecule has 3 rings (SSSR count). The number of hydrogen-bond acceptors (Lipinski definition) is 3. The summed E-state index contributed by atoms with van der Waals surface area (Å²) in [6, 6.07) is 10.4. The molecule has 0 saturated heterocycles. The Morgan fingerprint density at radius 2 is 1.56 bits per heavy atom. The molecule has 8 heteroatoms. The van der Waals surface area contributed by atoms with Crippen LogP contribution in [0.15, 0.2) is 48.7 Å². The van der Waals surface area contributed by atoms with Crippen LogP contribution in [0.5, 0.6) is 0 Å². The molecule has 2 aromatic carbocycles. The van der Waals surface area contributed by atoms with Gasteiger partial charge in [-0.2, -0.15) is 13.2 Å². The maximum absolute atomic E-state index is 14.1. The van der Waals surface area contributed by atoms with Gasteiger partial charge in [0.2, 0.25) is 0 Å². The molecule has 0 aliphatic rings. The number of anilines is 1. The summed E-state index contributed by atoms with van der Waals surface area (Å²) in [7, 11) is 0. The standard InChI is InChI=1S/C19H15F5N2O/c20-14-5-6-15(21)18-17(14)16(7-8-25-18)26-9-12-1-3-13(4-2-12)10-27-11-19(22,23)24/h1-8H,9-11H2,(H,25,26). The Hall–Kier alpha value is -2.74. The van der Waals surface area contributed by atoms with E-state index in [9.17, 15) is 22.0 Å². The smallest absolute Gasteiger partial charge is 0.380 e. The van der Waals surface area contributed by atoms with Gasteiger partial charge in [0.25, 0.3) is 0 Å². The molecular formula is C19H15F5N2O. The van der Waals surface area contributed by atoms with E-state index in [0.717, 1.165) is 17.7 Å². The van der Waals surface area contributed by atoms with Gasteiger partial charge in [0, 0.05) is 18.4 Å². The zero-order chi connectivity index (χ0) is 19.4. The molecule has 1 N–H and O–H groups in total. The van der Waals surface area contributed by atoms with Crippen molar-refractivity contribution in [1.29, 1.82) is 0 Å². The third-order valence-electron chi connectivity index (χ3n) is 3.83. The molecule has 0 aliphatic heterocycles. The fourth-order valence-electron chi connectivity index (χ4n) is 2.58. The molecule has 0 amide bonds. The minimum atomic E-state index is -4.36. The minimum Gasteiger partial charge on any atom is -0.380 e. The zero-order valence-corrected chi connectivity index (χ0v) is 14.0. The van der Waals surface area contributed by atoms with Crippen LogP contribution in [0.1, 0.15) is 11.1 Å². The highest BCUT2D eigenvalue weighted by Crippen LogP contribution is 2.27. The van der Waals surface area contributed by atoms with E-state index < -0.39 is 24.4 Å². The second-order valence-corrected chi connectivity index (χ2v) is 5.89. The monoisotopic (exact) mass is 382 g/mol. The molecule has 0 bridgehead atoms. The molecule has 0 saturated carbocycles. The molecule has 3 nitrogen and oxygen atoms in total. The number of nitrogens with zero attached hydrogens (tertiary/aromatic N) is 1. The van der Waals surface area contributed by atoms with Crippen molar-refractivity contribution in [3.05, 3.63) is 71.4 Å². The third kappa shape index (κ3) is 4.91. The molecule has 0 fully saturated rings. The highest BCUT2D eigenvalue weighted by molar-refractivity contribution is 5.91. The summed E-state index contributed by atoms with van der Waals surface area (Å²) in [5, 5.41) is 3.09. The number of nitrogens with one attached hydrogen (secondary N) is 1. The molecule has 3 aromatic rings. The van der Waals surface area contributed by atoms with Crippen LogP contribution in [0.2, 0.25) is 0 Å². The maximum atomic E-state index is 14.1. The second kappa shape index (κ2) is 7.87. The second-order valence-electron chi connectivity index (χ2n) is 5.89. The Bertz CT molecular complexity index is 926. The highest BCUT2D eigenvalue weighted by atomic mass is 19.4. The normalized spacial score (nSPS) is 11.7. The van der Waals surface area contributed by atoms with Gasteiger partial charge in [-0.15, -0.1) is 0 Å². The van der Waals surface area contributed by atoms with Crippen molar-refractivity contribution in [1.82, 2.24) is 4.98 Å². The number of benzene rings is 2. The van der Waals surface area contributed by atoms with Crippen LogP contribution < -0.4 is 5.32 Å². The van der Waals surface area contributed by atoms with Crippen molar-refractivity contribution in [2.24, 2.45) is 0 Å². The quantitative estimate of drug-likeness (QED) is 0.595. The van der Waals surface area contributed by atoms with Crippen LogP contribution in [-0.2, 0) is 17.9 Å². The van der Waals surface area contributed by atoms with Crippen molar-refractivity contribution < 1.29 is 26.7 Å². The minimum absolute atomic E-state index is 0.0582. The molecule has 0 radical (unpaired) electrons. The van der Waals surface area contributed by atoms with Crippen LogP contribution in [0, 0.1) is 11.6 Å². The van der Waals surface area contributed by atoms with E-state index in [-0.39, 0.29) is 17.5 Å². The zero-order valence-electron chi connectivity index (χ0n) is 14.0. The lowest BCUT2D eigenvalue weighted by molar-refractivity contribution is -0.176. The number of aromatic nitrogens is 1. The van der Waals surface area contributed by atoms with E-state index in [4.69, 9.17) is 0 Å². The Morgan fingerprint density at radius 3 is 2.26 bits per heavy atom. The van der Waals surface area contributed by atoms with Crippen molar-refractivity contribution >= 4 is 16.6 Å². The van der Waals surface area contributed by atoms with Crippen LogP contribution in [0.25, 0.3) is 10.9 Å². The van der Waals surface area contributed by atoms with Gasteiger partial charge in [-0.1, -0.05) is 24.3 Å². The van der Waals surface area contributed by atoms with Crippen LogP contribution in [0.3, 0.4) is 0 Å². The van der Waals surface area contributed by atoms with Crippen LogP contribution in [-0.4, -0.2) is 17.8 Å². The molecule has 1 heterocycles. The number of rotatable bonds is 6. The number of ether oxygens (including phenoxy) is 1. The number of pyridine rings is 1. The molecule has 142 valence electrons. The van der Waals surface area contributed by atoms with Gasteiger partial charge in [-0.25, -0.2) is 8.78 Å². The fourth-order valence-corrected chi connectivity index (χ4v) is 2.58. The van der Waals surface area contributed by atoms with Crippen LogP contribution >= 0.6 is 0 Å². The van der Waals surface area contributed by atoms with E-state index >= 15 is 0 Å². The molecule has 0 spiro atoms. The first-order chi connectivity index (χ1) is 12.8. The maximum Gasteiger partial charge on any atom is 0.411 e. The number of alkyl halides is 3. The Morgan fingerprint density at radius 1 is 0.889 bits per heavy atom. The van der Waals surface area contributed by atoms with Gasteiger partial charge in [0.15, 0.2) is 0 Å². The lowest BCUT2D eigenvalue weighted by atomic mass is 10.1. The van der Waals surface area contributed by atoms with E-state index in [0.29, 0.717) is 17.8 Å². The molecule has 1 aromatic heterocycles. The SMILES string of the molecule is Fc1ccc(F)c2c(NCc3ccc(COCC(F)(F)F)cc3)ccnc12. The molecule has 27 heavy (non-hydrogen) atoms. The fraction of sp³-hybridized carbons (Fsp3) is 0.211. The number of fused-ring (bicyclic) bond motifs is 1. The Balaban J connectivity index is 1.66. The predicted molar refractivity (Wildman–Crippen MR) is 91.1 cm³/mol. The molecule has 0 aliphatic carbocycles. The summed E-state index contributed by atoms with van der Waals surface area (Å²) in [4.78, 5) is 3.87. The summed E-state index contributed by atoms with van der Waals surface area (Å²) >= 11 is 0. The van der Waals surface area contributed by atoms with Crippen molar-refractivity contribution in [3.8, 4) is 0 Å².